The summed E-state index contributed by atoms with van der Waals surface area (Å²) in [5.74, 6) is 0. The van der Waals surface area contributed by atoms with Crippen LogP contribution in [0.25, 0.3) is 140 Å². The van der Waals surface area contributed by atoms with Crippen molar-refractivity contribution in [1.29, 1.82) is 0 Å². The Morgan fingerprint density at radius 1 is 0.198 bits per heavy atom. The van der Waals surface area contributed by atoms with Gasteiger partial charge in [-0.1, -0.05) is 261 Å². The van der Waals surface area contributed by atoms with E-state index in [0.717, 1.165) is 50.8 Å². The second-order valence-electron chi connectivity index (χ2n) is 23.9. The highest BCUT2D eigenvalue weighted by atomic mass is 32.1. The highest BCUT2D eigenvalue weighted by Crippen LogP contribution is 2.51. The molecule has 0 aliphatic carbocycles. The zero-order valence-electron chi connectivity index (χ0n) is 49.6. The Bertz CT molecular complexity index is 5900. The van der Waals surface area contributed by atoms with E-state index in [0.29, 0.717) is 0 Å². The first kappa shape index (κ1) is 52.5. The number of thiophene rings is 1. The van der Waals surface area contributed by atoms with Crippen molar-refractivity contribution in [1.82, 2.24) is 0 Å². The van der Waals surface area contributed by atoms with Crippen LogP contribution in [-0.4, -0.2) is 0 Å². The minimum Gasteiger partial charge on any atom is -0.310 e. The van der Waals surface area contributed by atoms with Gasteiger partial charge in [-0.3, -0.25) is 0 Å². The molecule has 91 heavy (non-hydrogen) atoms. The molecule has 0 unspecified atom stereocenters. The van der Waals surface area contributed by atoms with Crippen LogP contribution in [0, 0.1) is 0 Å². The minimum atomic E-state index is 1.06. The Hall–Kier alpha value is -11.6. The van der Waals surface area contributed by atoms with E-state index in [1.54, 1.807) is 0 Å². The molecule has 0 N–H and O–H groups in total. The summed E-state index contributed by atoms with van der Waals surface area (Å²) in [7, 11) is 0. The van der Waals surface area contributed by atoms with Gasteiger partial charge in [0, 0.05) is 53.7 Å². The van der Waals surface area contributed by atoms with E-state index in [9.17, 15) is 0 Å². The molecule has 0 saturated heterocycles. The number of hydrogen-bond acceptors (Lipinski definition) is 3. The maximum absolute atomic E-state index is 2.51. The van der Waals surface area contributed by atoms with Gasteiger partial charge in [0.2, 0.25) is 0 Å². The van der Waals surface area contributed by atoms with Crippen LogP contribution in [0.4, 0.5) is 34.1 Å². The van der Waals surface area contributed by atoms with Crippen LogP contribution in [0.3, 0.4) is 0 Å². The monoisotopic (exact) mass is 1170 g/mol. The maximum Gasteiger partial charge on any atom is 0.0546 e. The quantitative estimate of drug-likeness (QED) is 0.126. The topological polar surface area (TPSA) is 6.48 Å². The third kappa shape index (κ3) is 8.92. The molecule has 0 aliphatic rings. The van der Waals surface area contributed by atoms with E-state index in [2.05, 4.69) is 350 Å². The number of para-hydroxylation sites is 2. The first-order valence-electron chi connectivity index (χ1n) is 31.3. The lowest BCUT2D eigenvalue weighted by Gasteiger charge is -2.32. The van der Waals surface area contributed by atoms with Gasteiger partial charge in [-0.2, -0.15) is 0 Å². The minimum absolute atomic E-state index is 1.06. The lowest BCUT2D eigenvalue weighted by Crippen LogP contribution is -2.14. The molecule has 18 aromatic rings. The fourth-order valence-corrected chi connectivity index (χ4v) is 15.7. The Balaban J connectivity index is 0.817. The largest absolute Gasteiger partial charge is 0.310 e. The van der Waals surface area contributed by atoms with Crippen molar-refractivity contribution in [2.75, 3.05) is 9.80 Å². The molecule has 0 fully saturated rings. The first-order chi connectivity index (χ1) is 45.1. The Morgan fingerprint density at radius 2 is 0.615 bits per heavy atom. The van der Waals surface area contributed by atoms with Crippen molar-refractivity contribution in [2.45, 2.75) is 0 Å². The molecule has 0 radical (unpaired) electrons. The Labute approximate surface area is 531 Å². The molecule has 0 saturated carbocycles. The zero-order valence-corrected chi connectivity index (χ0v) is 50.5. The average Bonchev–Trinajstić information content (AvgIpc) is 1.83. The first-order valence-corrected chi connectivity index (χ1v) is 32.1. The molecule has 0 aliphatic heterocycles. The number of hydrogen-bond donors (Lipinski definition) is 0. The summed E-state index contributed by atoms with van der Waals surface area (Å²) < 4.78 is 2.63. The normalized spacial score (nSPS) is 11.7. The molecule has 0 amide bonds. The van der Waals surface area contributed by atoms with Gasteiger partial charge in [-0.05, 0) is 182 Å². The number of benzene rings is 17. The number of rotatable bonds is 10. The van der Waals surface area contributed by atoms with Gasteiger partial charge < -0.3 is 9.80 Å². The second-order valence-corrected chi connectivity index (χ2v) is 25.0. The fraction of sp³-hybridized carbons (Fsp3) is 0. The second kappa shape index (κ2) is 21.6. The molecule has 2 nitrogen and oxygen atoms in total. The lowest BCUT2D eigenvalue weighted by atomic mass is 9.94. The molecular formula is C88H56N2S. The standard InChI is InChI=1S/C88H56N2S/c1-2-18-57(19-3-1)61-42-50-74-66(52-61)36-37-67-54-70(48-51-75(67)74)89(68-44-38-58(39-45-68)62-43-49-73-65(53-62)35-34-59-20-4-7-23-71(59)73)83-31-15-12-28-79(83)80-29-13-16-32-84(80)90(85-56-64-22-5-8-24-72(64)77-26-10-11-27-78(77)85)69-46-40-60(41-47-69)82-55-63-21-6-9-25-76(63)88-87(82)81-30-14-17-33-86(81)91-88/h1-56H. The van der Waals surface area contributed by atoms with Gasteiger partial charge in [0.05, 0.1) is 17.1 Å². The van der Waals surface area contributed by atoms with Gasteiger partial charge in [-0.15, -0.1) is 11.3 Å². The van der Waals surface area contributed by atoms with Crippen molar-refractivity contribution >= 4 is 141 Å². The molecular weight excluding hydrogens is 1120 g/mol. The smallest absolute Gasteiger partial charge is 0.0546 e. The average molecular weight is 1170 g/mol. The van der Waals surface area contributed by atoms with Gasteiger partial charge in [0.15, 0.2) is 0 Å². The van der Waals surface area contributed by atoms with E-state index >= 15 is 0 Å². The summed E-state index contributed by atoms with van der Waals surface area (Å²) in [4.78, 5) is 4.98. The zero-order chi connectivity index (χ0) is 59.9. The van der Waals surface area contributed by atoms with Crippen molar-refractivity contribution < 1.29 is 0 Å². The van der Waals surface area contributed by atoms with Crippen LogP contribution in [0.5, 0.6) is 0 Å². The third-order valence-electron chi connectivity index (χ3n) is 18.8. The maximum atomic E-state index is 2.51. The van der Waals surface area contributed by atoms with Crippen LogP contribution in [0.1, 0.15) is 0 Å². The summed E-state index contributed by atoms with van der Waals surface area (Å²) in [6, 6.07) is 126. The lowest BCUT2D eigenvalue weighted by molar-refractivity contribution is 1.28. The van der Waals surface area contributed by atoms with Crippen molar-refractivity contribution in [3.8, 4) is 44.5 Å². The highest BCUT2D eigenvalue weighted by molar-refractivity contribution is 7.26. The van der Waals surface area contributed by atoms with E-state index in [-0.39, 0.29) is 0 Å². The molecule has 0 atom stereocenters. The van der Waals surface area contributed by atoms with Gasteiger partial charge >= 0.3 is 0 Å². The summed E-state index contributed by atoms with van der Waals surface area (Å²) in [5.41, 5.74) is 15.8. The summed E-state index contributed by atoms with van der Waals surface area (Å²) in [6.45, 7) is 0. The van der Waals surface area contributed by atoms with Crippen LogP contribution < -0.4 is 9.80 Å². The van der Waals surface area contributed by atoms with E-state index in [1.165, 1.54) is 123 Å². The molecule has 0 bridgehead atoms. The fourth-order valence-electron chi connectivity index (χ4n) is 14.4. The molecule has 3 heteroatoms. The van der Waals surface area contributed by atoms with Gasteiger partial charge in [0.25, 0.3) is 0 Å². The molecule has 1 heterocycles. The van der Waals surface area contributed by atoms with Crippen LogP contribution in [-0.2, 0) is 0 Å². The van der Waals surface area contributed by atoms with Crippen molar-refractivity contribution in [2.24, 2.45) is 0 Å². The predicted molar refractivity (Wildman–Crippen MR) is 393 cm³/mol. The SMILES string of the molecule is c1ccc(-c2ccc3c(ccc4cc(N(c5ccc(-c6ccc7c(ccc8ccccc87)c6)cc5)c5ccccc5-c5ccccc5N(c5ccc(-c6cc7ccccc7c7sc8ccccc8c67)cc5)c5cc6ccccc6c6ccccc56)ccc43)c2)cc1. The van der Waals surface area contributed by atoms with Gasteiger partial charge in [0.1, 0.15) is 0 Å². The molecule has 424 valence electrons. The van der Waals surface area contributed by atoms with Gasteiger partial charge in [-0.25, -0.2) is 0 Å². The van der Waals surface area contributed by atoms with Crippen LogP contribution in [0.2, 0.25) is 0 Å². The number of nitrogens with zero attached hydrogens (tertiary/aromatic N) is 2. The van der Waals surface area contributed by atoms with E-state index in [4.69, 9.17) is 0 Å². The number of fused-ring (bicyclic) bond motifs is 14. The molecule has 1 aromatic heterocycles. The van der Waals surface area contributed by atoms with Crippen molar-refractivity contribution in [3.05, 3.63) is 340 Å². The molecule has 0 spiro atoms. The highest BCUT2D eigenvalue weighted by Gasteiger charge is 2.25. The Morgan fingerprint density at radius 3 is 1.29 bits per heavy atom. The number of anilines is 6. The van der Waals surface area contributed by atoms with E-state index in [1.807, 2.05) is 11.3 Å². The Kier molecular flexibility index (Phi) is 12.5. The van der Waals surface area contributed by atoms with Crippen LogP contribution >= 0.6 is 11.3 Å². The summed E-state index contributed by atoms with van der Waals surface area (Å²) in [6.07, 6.45) is 0. The molecule has 18 rings (SSSR count). The predicted octanol–water partition coefficient (Wildman–Crippen LogP) is 25.7. The third-order valence-corrected chi connectivity index (χ3v) is 20.0. The summed E-state index contributed by atoms with van der Waals surface area (Å²) in [5, 5.41) is 19.8. The molecule has 17 aromatic carbocycles. The van der Waals surface area contributed by atoms with Crippen LogP contribution in [0.15, 0.2) is 340 Å². The van der Waals surface area contributed by atoms with Crippen molar-refractivity contribution in [3.63, 3.8) is 0 Å². The van der Waals surface area contributed by atoms with E-state index < -0.39 is 0 Å². The summed E-state index contributed by atoms with van der Waals surface area (Å²) >= 11 is 1.89.